The van der Waals surface area contributed by atoms with Crippen LogP contribution < -0.4 is 5.73 Å². The van der Waals surface area contributed by atoms with Crippen LogP contribution in [0.3, 0.4) is 0 Å². The maximum absolute atomic E-state index is 11.5. The van der Waals surface area contributed by atoms with Crippen molar-refractivity contribution in [3.63, 3.8) is 0 Å². The molecular formula is C11H14N2O. The molecule has 1 aromatic carbocycles. The van der Waals surface area contributed by atoms with Gasteiger partial charge in [-0.1, -0.05) is 30.3 Å². The molecular weight excluding hydrogens is 176 g/mol. The zero-order valence-electron chi connectivity index (χ0n) is 8.02. The van der Waals surface area contributed by atoms with Gasteiger partial charge < -0.3 is 10.6 Å². The number of nitrogens with two attached hydrogens (primary N) is 1. The van der Waals surface area contributed by atoms with Gasteiger partial charge in [0.1, 0.15) is 0 Å². The zero-order valence-corrected chi connectivity index (χ0v) is 8.02. The van der Waals surface area contributed by atoms with Crippen LogP contribution in [0.5, 0.6) is 0 Å². The van der Waals surface area contributed by atoms with Crippen LogP contribution in [-0.2, 0) is 11.2 Å². The Bertz CT molecular complexity index is 319. The van der Waals surface area contributed by atoms with Crippen LogP contribution in [0, 0.1) is 0 Å². The Balaban J connectivity index is 1.93. The molecule has 74 valence electrons. The molecule has 1 aromatic rings. The molecule has 1 heterocycles. The van der Waals surface area contributed by atoms with Gasteiger partial charge in [-0.2, -0.15) is 0 Å². The molecule has 1 amide bonds. The van der Waals surface area contributed by atoms with Crippen molar-refractivity contribution in [2.24, 2.45) is 5.73 Å². The number of hydrogen-bond donors (Lipinski definition) is 1. The van der Waals surface area contributed by atoms with E-state index >= 15 is 0 Å². The summed E-state index contributed by atoms with van der Waals surface area (Å²) in [6.07, 6.45) is 0.635. The van der Waals surface area contributed by atoms with E-state index in [1.807, 2.05) is 30.3 Å². The molecule has 1 aliphatic rings. The highest BCUT2D eigenvalue weighted by Gasteiger charge is 2.28. The summed E-state index contributed by atoms with van der Waals surface area (Å²) in [5.74, 6) is 0.0776. The molecule has 0 unspecified atom stereocenters. The maximum atomic E-state index is 11.5. The highest BCUT2D eigenvalue weighted by atomic mass is 16.2. The topological polar surface area (TPSA) is 46.1 Å². The van der Waals surface area contributed by atoms with Gasteiger partial charge in [0.15, 0.2) is 0 Å². The largest absolute Gasteiger partial charge is 0.338 e. The van der Waals surface area contributed by atoms with Gasteiger partial charge >= 0.3 is 0 Å². The van der Waals surface area contributed by atoms with Gasteiger partial charge in [-0.3, -0.25) is 4.79 Å². The quantitative estimate of drug-likeness (QED) is 0.701. The molecule has 0 aliphatic carbocycles. The fraction of sp³-hybridized carbons (Fsp3) is 0.364. The van der Waals surface area contributed by atoms with E-state index in [0.29, 0.717) is 6.42 Å². The summed E-state index contributed by atoms with van der Waals surface area (Å²) < 4.78 is 0. The number of rotatable bonds is 3. The Hall–Kier alpha value is -1.35. The minimum Gasteiger partial charge on any atom is -0.338 e. The lowest BCUT2D eigenvalue weighted by Crippen LogP contribution is -2.37. The Labute approximate surface area is 83.5 Å². The van der Waals surface area contributed by atoms with E-state index in [1.165, 1.54) is 0 Å². The Morgan fingerprint density at radius 3 is 2.57 bits per heavy atom. The van der Waals surface area contributed by atoms with Gasteiger partial charge in [0.25, 0.3) is 0 Å². The number of nitrogens with zero attached hydrogens (tertiary/aromatic N) is 1. The van der Waals surface area contributed by atoms with Crippen molar-refractivity contribution >= 4 is 5.91 Å². The van der Waals surface area contributed by atoms with Gasteiger partial charge in [0.2, 0.25) is 5.91 Å². The SMILES string of the molecule is N[C@@H](Cc1ccccc1)C(=O)N1CC1. The molecule has 1 fully saturated rings. The van der Waals surface area contributed by atoms with Gasteiger partial charge in [-0.25, -0.2) is 0 Å². The molecule has 0 bridgehead atoms. The van der Waals surface area contributed by atoms with Crippen LogP contribution in [0.2, 0.25) is 0 Å². The molecule has 0 spiro atoms. The van der Waals surface area contributed by atoms with Gasteiger partial charge in [-0.05, 0) is 12.0 Å². The van der Waals surface area contributed by atoms with E-state index in [2.05, 4.69) is 0 Å². The second-order valence-corrected chi connectivity index (χ2v) is 3.62. The minimum absolute atomic E-state index is 0.0776. The van der Waals surface area contributed by atoms with Crippen molar-refractivity contribution in [1.82, 2.24) is 4.90 Å². The van der Waals surface area contributed by atoms with E-state index in [4.69, 9.17) is 5.73 Å². The molecule has 0 aromatic heterocycles. The van der Waals surface area contributed by atoms with Crippen molar-refractivity contribution in [2.45, 2.75) is 12.5 Å². The smallest absolute Gasteiger partial charge is 0.239 e. The van der Waals surface area contributed by atoms with Crippen molar-refractivity contribution in [3.8, 4) is 0 Å². The summed E-state index contributed by atoms with van der Waals surface area (Å²) in [4.78, 5) is 13.3. The first kappa shape index (κ1) is 9.21. The molecule has 3 heteroatoms. The minimum atomic E-state index is -0.375. The summed E-state index contributed by atoms with van der Waals surface area (Å²) in [7, 11) is 0. The number of hydrogen-bond acceptors (Lipinski definition) is 2. The molecule has 0 radical (unpaired) electrons. The Kier molecular flexibility index (Phi) is 2.50. The number of carbonyl (C=O) groups excluding carboxylic acids is 1. The van der Waals surface area contributed by atoms with E-state index in [9.17, 15) is 4.79 Å². The van der Waals surface area contributed by atoms with Crippen LogP contribution in [0.15, 0.2) is 30.3 Å². The summed E-state index contributed by atoms with van der Waals surface area (Å²) in [5, 5.41) is 0. The van der Waals surface area contributed by atoms with Crippen LogP contribution >= 0.6 is 0 Å². The van der Waals surface area contributed by atoms with Crippen LogP contribution in [0.1, 0.15) is 5.56 Å². The molecule has 3 nitrogen and oxygen atoms in total. The third-order valence-corrected chi connectivity index (χ3v) is 2.37. The second-order valence-electron chi connectivity index (χ2n) is 3.62. The van der Waals surface area contributed by atoms with E-state index in [-0.39, 0.29) is 11.9 Å². The molecule has 1 aliphatic heterocycles. The average molecular weight is 190 g/mol. The summed E-state index contributed by atoms with van der Waals surface area (Å²) in [6, 6.07) is 9.50. The van der Waals surface area contributed by atoms with Crippen molar-refractivity contribution in [3.05, 3.63) is 35.9 Å². The summed E-state index contributed by atoms with van der Waals surface area (Å²) in [5.41, 5.74) is 6.92. The first-order valence-corrected chi connectivity index (χ1v) is 4.85. The van der Waals surface area contributed by atoms with Crippen molar-refractivity contribution in [1.29, 1.82) is 0 Å². The standard InChI is InChI=1S/C11H14N2O/c12-10(11(14)13-6-7-13)8-9-4-2-1-3-5-9/h1-5,10H,6-8,12H2/t10-/m0/s1. The van der Waals surface area contributed by atoms with Crippen molar-refractivity contribution < 1.29 is 4.79 Å². The maximum Gasteiger partial charge on any atom is 0.239 e. The van der Waals surface area contributed by atoms with E-state index < -0.39 is 0 Å². The average Bonchev–Trinajstić information content (AvgIpc) is 3.01. The number of benzene rings is 1. The predicted octanol–water partition coefficient (Wildman–Crippen LogP) is 0.399. The van der Waals surface area contributed by atoms with Crippen molar-refractivity contribution in [2.75, 3.05) is 13.1 Å². The molecule has 0 saturated carbocycles. The first-order valence-electron chi connectivity index (χ1n) is 4.85. The Morgan fingerprint density at radius 1 is 1.36 bits per heavy atom. The summed E-state index contributed by atoms with van der Waals surface area (Å²) in [6.45, 7) is 1.75. The Morgan fingerprint density at radius 2 is 2.00 bits per heavy atom. The van der Waals surface area contributed by atoms with Gasteiger partial charge in [0.05, 0.1) is 6.04 Å². The van der Waals surface area contributed by atoms with Gasteiger partial charge in [-0.15, -0.1) is 0 Å². The van der Waals surface area contributed by atoms with Gasteiger partial charge in [0, 0.05) is 13.1 Å². The lowest BCUT2D eigenvalue weighted by atomic mass is 10.1. The molecule has 2 N–H and O–H groups in total. The van der Waals surface area contributed by atoms with E-state index in [0.717, 1.165) is 18.7 Å². The summed E-state index contributed by atoms with van der Waals surface area (Å²) >= 11 is 0. The third-order valence-electron chi connectivity index (χ3n) is 2.37. The number of amides is 1. The van der Waals surface area contributed by atoms with Crippen LogP contribution in [-0.4, -0.2) is 29.9 Å². The second kappa shape index (κ2) is 3.80. The third kappa shape index (κ3) is 2.12. The van der Waals surface area contributed by atoms with E-state index in [1.54, 1.807) is 4.90 Å². The molecule has 14 heavy (non-hydrogen) atoms. The fourth-order valence-electron chi connectivity index (χ4n) is 1.46. The highest BCUT2D eigenvalue weighted by Crippen LogP contribution is 2.09. The van der Waals surface area contributed by atoms with Crippen LogP contribution in [0.25, 0.3) is 0 Å². The molecule has 1 atom stereocenters. The predicted molar refractivity (Wildman–Crippen MR) is 54.7 cm³/mol. The molecule has 1 saturated heterocycles. The zero-order chi connectivity index (χ0) is 9.97. The lowest BCUT2D eigenvalue weighted by Gasteiger charge is -2.10. The first-order chi connectivity index (χ1) is 6.77. The monoisotopic (exact) mass is 190 g/mol. The van der Waals surface area contributed by atoms with Crippen LogP contribution in [0.4, 0.5) is 0 Å². The fourth-order valence-corrected chi connectivity index (χ4v) is 1.46. The normalized spacial score (nSPS) is 16.5. The number of carbonyl (C=O) groups is 1. The highest BCUT2D eigenvalue weighted by molar-refractivity contribution is 5.83. The lowest BCUT2D eigenvalue weighted by molar-refractivity contribution is -0.127. The molecule has 2 rings (SSSR count).